The summed E-state index contributed by atoms with van der Waals surface area (Å²) in [5, 5.41) is 13.4. The van der Waals surface area contributed by atoms with Gasteiger partial charge in [-0.1, -0.05) is 19.9 Å². The van der Waals surface area contributed by atoms with Crippen LogP contribution in [0.25, 0.3) is 0 Å². The summed E-state index contributed by atoms with van der Waals surface area (Å²) in [4.78, 5) is 71.0. The molecule has 0 fully saturated rings. The Morgan fingerprint density at radius 3 is 2.20 bits per heavy atom. The van der Waals surface area contributed by atoms with Gasteiger partial charge in [0.15, 0.2) is 6.61 Å². The van der Waals surface area contributed by atoms with Gasteiger partial charge in [-0.05, 0) is 25.5 Å². The highest BCUT2D eigenvalue weighted by Crippen LogP contribution is 2.23. The van der Waals surface area contributed by atoms with Gasteiger partial charge in [0.1, 0.15) is 24.7 Å². The first-order valence-corrected chi connectivity index (χ1v) is 13.1. The summed E-state index contributed by atoms with van der Waals surface area (Å²) in [5.41, 5.74) is 0.467. The van der Waals surface area contributed by atoms with Crippen molar-refractivity contribution in [1.29, 1.82) is 0 Å². The second-order valence-corrected chi connectivity index (χ2v) is 7.93. The minimum Gasteiger partial charge on any atom is -0.483 e. The fourth-order valence-electron chi connectivity index (χ4n) is 3.25. The second-order valence-electron chi connectivity index (χ2n) is 7.93. The molecule has 0 aliphatic carbocycles. The first kappa shape index (κ1) is 37.1. The second kappa shape index (κ2) is 22.9. The van der Waals surface area contributed by atoms with Crippen molar-refractivity contribution in [2.24, 2.45) is 0 Å². The molecule has 0 saturated carbocycles. The van der Waals surface area contributed by atoms with Crippen molar-refractivity contribution in [2.75, 3.05) is 59.8 Å². The number of nitrogens with one attached hydrogen (secondary N) is 2. The normalized spacial score (nSPS) is 10.8. The van der Waals surface area contributed by atoms with Gasteiger partial charge in [-0.2, -0.15) is 0 Å². The topological polar surface area (TPSA) is 187 Å². The van der Waals surface area contributed by atoms with Gasteiger partial charge >= 0.3 is 5.97 Å². The fraction of sp³-hybridized carbons (Fsp3) is 0.556. The number of hydrogen-bond donors (Lipinski definition) is 3. The molecule has 0 bridgehead atoms. The Labute approximate surface area is 239 Å². The number of carboxylic acid groups (broad SMARTS) is 1. The molecule has 230 valence electrons. The predicted molar refractivity (Wildman–Crippen MR) is 147 cm³/mol. The summed E-state index contributed by atoms with van der Waals surface area (Å²) >= 11 is 0. The molecular weight excluding hydrogens is 542 g/mol. The third-order valence-electron chi connectivity index (χ3n) is 5.20. The highest BCUT2D eigenvalue weighted by atomic mass is 16.5. The number of rotatable bonds is 21. The van der Waals surface area contributed by atoms with E-state index in [-0.39, 0.29) is 83.4 Å². The van der Waals surface area contributed by atoms with E-state index in [1.165, 1.54) is 19.2 Å². The molecule has 1 aromatic carbocycles. The van der Waals surface area contributed by atoms with Crippen LogP contribution in [0.4, 0.5) is 0 Å². The third-order valence-corrected chi connectivity index (χ3v) is 5.20. The van der Waals surface area contributed by atoms with Crippen LogP contribution < -0.4 is 15.4 Å². The zero-order valence-electron chi connectivity index (χ0n) is 24.0. The van der Waals surface area contributed by atoms with Crippen molar-refractivity contribution in [1.82, 2.24) is 15.5 Å². The minimum atomic E-state index is -1.16. The smallest absolute Gasteiger partial charge is 0.329 e. The quantitative estimate of drug-likeness (QED) is 0.134. The van der Waals surface area contributed by atoms with Crippen LogP contribution in [0.5, 0.6) is 5.75 Å². The molecule has 14 heteroatoms. The van der Waals surface area contributed by atoms with E-state index in [9.17, 15) is 28.8 Å². The van der Waals surface area contributed by atoms with Crippen molar-refractivity contribution < 1.29 is 52.8 Å². The Balaban J connectivity index is 0.00000781. The Hall–Kier alpha value is -3.88. The summed E-state index contributed by atoms with van der Waals surface area (Å²) in [5.74, 6) is -2.56. The van der Waals surface area contributed by atoms with Crippen LogP contribution in [0.3, 0.4) is 0 Å². The molecule has 0 radical (unpaired) electrons. The first-order chi connectivity index (χ1) is 19.8. The maximum absolute atomic E-state index is 13.1. The number of aldehydes is 1. The number of likely N-dealkylation sites (N-methyl/N-ethyl adjacent to an activating group) is 1. The summed E-state index contributed by atoms with van der Waals surface area (Å²) in [6.45, 7) is 6.26. The van der Waals surface area contributed by atoms with E-state index in [1.807, 2.05) is 13.8 Å². The summed E-state index contributed by atoms with van der Waals surface area (Å²) in [6, 6.07) is 3.38. The number of amides is 4. The third kappa shape index (κ3) is 14.9. The molecule has 4 amide bonds. The van der Waals surface area contributed by atoms with E-state index < -0.39 is 29.7 Å². The zero-order chi connectivity index (χ0) is 31.0. The van der Waals surface area contributed by atoms with E-state index in [0.29, 0.717) is 11.8 Å². The van der Waals surface area contributed by atoms with Gasteiger partial charge in [0.05, 0.1) is 33.0 Å². The molecule has 0 aliphatic heterocycles. The van der Waals surface area contributed by atoms with Gasteiger partial charge < -0.3 is 39.5 Å². The lowest BCUT2D eigenvalue weighted by molar-refractivity contribution is -0.142. The van der Waals surface area contributed by atoms with Gasteiger partial charge in [0, 0.05) is 31.1 Å². The predicted octanol–water partition coefficient (Wildman–Crippen LogP) is 0.343. The van der Waals surface area contributed by atoms with Crippen LogP contribution in [-0.4, -0.2) is 112 Å². The zero-order valence-corrected chi connectivity index (χ0v) is 24.0. The van der Waals surface area contributed by atoms with Crippen LogP contribution in [0.1, 0.15) is 42.6 Å². The summed E-state index contributed by atoms with van der Waals surface area (Å²) in [6.07, 6.45) is 0.805. The molecule has 1 unspecified atom stereocenters. The Kier molecular flexibility index (Phi) is 20.7. The SMILES string of the molecule is CC.CNC(=O)C(CCC=O)N(C=O)C(=O)c1cccc(OCC(=O)NCCOCCOCCOCC(=O)O)c1C. The molecule has 0 saturated heterocycles. The Morgan fingerprint density at radius 2 is 1.61 bits per heavy atom. The van der Waals surface area contributed by atoms with Crippen molar-refractivity contribution in [3.8, 4) is 5.75 Å². The lowest BCUT2D eigenvalue weighted by Gasteiger charge is -2.25. The number of carbonyl (C=O) groups is 6. The van der Waals surface area contributed by atoms with Crippen molar-refractivity contribution in [2.45, 2.75) is 39.7 Å². The average molecular weight is 584 g/mol. The van der Waals surface area contributed by atoms with Gasteiger partial charge in [-0.15, -0.1) is 0 Å². The number of aliphatic carboxylic acids is 1. The monoisotopic (exact) mass is 583 g/mol. The van der Waals surface area contributed by atoms with Gasteiger partial charge in [0.25, 0.3) is 11.8 Å². The minimum absolute atomic E-state index is 0.0165. The number of ether oxygens (including phenoxy) is 4. The highest BCUT2D eigenvalue weighted by Gasteiger charge is 2.30. The molecule has 0 spiro atoms. The lowest BCUT2D eigenvalue weighted by atomic mass is 10.0. The number of benzene rings is 1. The van der Waals surface area contributed by atoms with Crippen LogP contribution in [0.15, 0.2) is 18.2 Å². The molecule has 1 rings (SSSR count). The van der Waals surface area contributed by atoms with E-state index in [4.69, 9.17) is 24.1 Å². The highest BCUT2D eigenvalue weighted by molar-refractivity contribution is 6.04. The fourth-order valence-corrected chi connectivity index (χ4v) is 3.25. The summed E-state index contributed by atoms with van der Waals surface area (Å²) < 4.78 is 20.9. The van der Waals surface area contributed by atoms with Gasteiger partial charge in [0.2, 0.25) is 12.3 Å². The van der Waals surface area contributed by atoms with Gasteiger partial charge in [-0.25, -0.2) is 4.79 Å². The molecule has 0 aliphatic rings. The molecule has 0 aromatic heterocycles. The van der Waals surface area contributed by atoms with Crippen molar-refractivity contribution >= 4 is 36.4 Å². The van der Waals surface area contributed by atoms with Crippen molar-refractivity contribution in [3.05, 3.63) is 29.3 Å². The van der Waals surface area contributed by atoms with E-state index >= 15 is 0 Å². The molecule has 1 aromatic rings. The van der Waals surface area contributed by atoms with Crippen LogP contribution >= 0.6 is 0 Å². The molecule has 14 nitrogen and oxygen atoms in total. The Morgan fingerprint density at radius 1 is 0.976 bits per heavy atom. The van der Waals surface area contributed by atoms with Crippen LogP contribution in [0, 0.1) is 6.92 Å². The van der Waals surface area contributed by atoms with Crippen molar-refractivity contribution in [3.63, 3.8) is 0 Å². The number of hydrogen-bond acceptors (Lipinski definition) is 10. The first-order valence-electron chi connectivity index (χ1n) is 13.1. The molecule has 3 N–H and O–H groups in total. The maximum atomic E-state index is 13.1. The van der Waals surface area contributed by atoms with Crippen LogP contribution in [-0.2, 0) is 38.2 Å². The number of carboxylic acids is 1. The van der Waals surface area contributed by atoms with Crippen LogP contribution in [0.2, 0.25) is 0 Å². The molecule has 1 atom stereocenters. The summed E-state index contributed by atoms with van der Waals surface area (Å²) in [7, 11) is 1.36. The van der Waals surface area contributed by atoms with E-state index in [1.54, 1.807) is 13.0 Å². The number of carbonyl (C=O) groups excluding carboxylic acids is 5. The number of imide groups is 1. The van der Waals surface area contributed by atoms with E-state index in [0.717, 1.165) is 4.90 Å². The molecule has 0 heterocycles. The maximum Gasteiger partial charge on any atom is 0.329 e. The largest absolute Gasteiger partial charge is 0.483 e. The van der Waals surface area contributed by atoms with Gasteiger partial charge in [-0.3, -0.25) is 24.1 Å². The molecule has 41 heavy (non-hydrogen) atoms. The Bertz CT molecular complexity index is 972. The molecular formula is C27H41N3O11. The van der Waals surface area contributed by atoms with E-state index in [2.05, 4.69) is 10.6 Å². The number of nitrogens with zero attached hydrogens (tertiary/aromatic N) is 1. The lowest BCUT2D eigenvalue weighted by Crippen LogP contribution is -2.48. The standard InChI is InChI=1S/C25H35N3O11.C2H6/c1-18-19(25(35)28(17-30)20(6-4-9-29)24(34)26-2)5-3-7-21(18)39-15-22(31)27-8-10-36-11-12-37-13-14-38-16-23(32)33;1-2/h3,5,7,9,17,20H,4,6,8,10-16H2,1-2H3,(H,26,34)(H,27,31)(H,32,33);1-2H3. The average Bonchev–Trinajstić information content (AvgIpc) is 2.97.